The van der Waals surface area contributed by atoms with E-state index in [9.17, 15) is 4.79 Å². The molecule has 1 amide bonds. The average Bonchev–Trinajstić information content (AvgIpc) is 2.65. The van der Waals surface area contributed by atoms with E-state index in [0.717, 1.165) is 37.5 Å². The average molecular weight is 356 g/mol. The topological polar surface area (TPSA) is 45.2 Å². The van der Waals surface area contributed by atoms with Crippen LogP contribution in [0.2, 0.25) is 0 Å². The first-order chi connectivity index (χ1) is 12.2. The Bertz CT molecular complexity index is 657. The number of hydrogen-bond acceptors (Lipinski definition) is 4. The molecule has 1 aliphatic rings. The molecule has 1 aliphatic heterocycles. The van der Waals surface area contributed by atoms with Crippen molar-refractivity contribution in [2.24, 2.45) is 0 Å². The number of nitrogens with zero attached hydrogens (tertiary/aromatic N) is 2. The van der Waals surface area contributed by atoms with Crippen LogP contribution in [0.15, 0.2) is 59.8 Å². The number of hydrogen-bond donors (Lipinski definition) is 1. The lowest BCUT2D eigenvalue weighted by atomic mass is 10.0. The van der Waals surface area contributed by atoms with E-state index in [1.54, 1.807) is 6.20 Å². The normalized spacial score (nSPS) is 17.2. The fourth-order valence-electron chi connectivity index (χ4n) is 3.05. The molecule has 0 radical (unpaired) electrons. The van der Waals surface area contributed by atoms with Gasteiger partial charge in [0, 0.05) is 31.9 Å². The van der Waals surface area contributed by atoms with Crippen LogP contribution in [-0.2, 0) is 11.3 Å². The summed E-state index contributed by atoms with van der Waals surface area (Å²) in [5.41, 5.74) is 1.35. The number of thioether (sulfide) groups is 1. The first kappa shape index (κ1) is 18.0. The summed E-state index contributed by atoms with van der Waals surface area (Å²) in [5.74, 6) is 0.108. The van der Waals surface area contributed by atoms with Crippen molar-refractivity contribution in [3.05, 3.63) is 60.3 Å². The highest BCUT2D eigenvalue weighted by Gasteiger charge is 2.23. The zero-order chi connectivity index (χ0) is 17.5. The number of pyridine rings is 1. The molecule has 3 rings (SSSR count). The number of carbonyl (C=O) groups is 1. The first-order valence-electron chi connectivity index (χ1n) is 8.85. The van der Waals surface area contributed by atoms with Gasteiger partial charge in [-0.2, -0.15) is 0 Å². The highest BCUT2D eigenvalue weighted by atomic mass is 32.2. The molecule has 4 nitrogen and oxygen atoms in total. The van der Waals surface area contributed by atoms with Gasteiger partial charge in [-0.25, -0.2) is 4.98 Å². The number of rotatable bonds is 6. The Morgan fingerprint density at radius 3 is 2.60 bits per heavy atom. The summed E-state index contributed by atoms with van der Waals surface area (Å²) in [6.07, 6.45) is 3.79. The fraction of sp³-hybridized carbons (Fsp3) is 0.400. The second-order valence-electron chi connectivity index (χ2n) is 6.47. The van der Waals surface area contributed by atoms with E-state index in [1.807, 2.05) is 25.1 Å². The summed E-state index contributed by atoms with van der Waals surface area (Å²) in [7, 11) is 0. The van der Waals surface area contributed by atoms with Crippen molar-refractivity contribution in [1.29, 1.82) is 0 Å². The number of carbonyl (C=O) groups excluding carboxylic acids is 1. The molecule has 1 N–H and O–H groups in total. The lowest BCUT2D eigenvalue weighted by Crippen LogP contribution is -2.46. The number of benzene rings is 1. The summed E-state index contributed by atoms with van der Waals surface area (Å²) >= 11 is 1.51. The molecule has 1 aromatic heterocycles. The Hall–Kier alpha value is -1.85. The van der Waals surface area contributed by atoms with E-state index in [4.69, 9.17) is 0 Å². The summed E-state index contributed by atoms with van der Waals surface area (Å²) in [5, 5.41) is 3.97. The summed E-state index contributed by atoms with van der Waals surface area (Å²) in [4.78, 5) is 19.2. The molecule has 0 spiro atoms. The van der Waals surface area contributed by atoms with Crippen LogP contribution < -0.4 is 5.32 Å². The first-order valence-corrected chi connectivity index (χ1v) is 9.73. The third-order valence-corrected chi connectivity index (χ3v) is 5.54. The van der Waals surface area contributed by atoms with Crippen LogP contribution in [0.1, 0.15) is 25.3 Å². The Kier molecular flexibility index (Phi) is 6.48. The molecular weight excluding hydrogens is 330 g/mol. The number of piperidine rings is 1. The van der Waals surface area contributed by atoms with Gasteiger partial charge >= 0.3 is 0 Å². The fourth-order valence-corrected chi connectivity index (χ4v) is 3.86. The maximum absolute atomic E-state index is 12.4. The van der Waals surface area contributed by atoms with Gasteiger partial charge in [0.15, 0.2) is 0 Å². The minimum absolute atomic E-state index is 0.108. The molecule has 1 aromatic carbocycles. The molecule has 132 valence electrons. The van der Waals surface area contributed by atoms with E-state index >= 15 is 0 Å². The van der Waals surface area contributed by atoms with Gasteiger partial charge in [0.2, 0.25) is 5.91 Å². The minimum Gasteiger partial charge on any atom is -0.352 e. The van der Waals surface area contributed by atoms with Gasteiger partial charge in [-0.05, 0) is 37.5 Å². The van der Waals surface area contributed by atoms with Crippen molar-refractivity contribution in [2.75, 3.05) is 13.1 Å². The van der Waals surface area contributed by atoms with Gasteiger partial charge < -0.3 is 5.32 Å². The molecule has 25 heavy (non-hydrogen) atoms. The third kappa shape index (κ3) is 5.58. The smallest absolute Gasteiger partial charge is 0.233 e. The van der Waals surface area contributed by atoms with Gasteiger partial charge in [0.25, 0.3) is 0 Å². The molecular formula is C20H25N3OS. The maximum Gasteiger partial charge on any atom is 0.233 e. The van der Waals surface area contributed by atoms with Crippen molar-refractivity contribution >= 4 is 17.7 Å². The predicted molar refractivity (Wildman–Crippen MR) is 102 cm³/mol. The van der Waals surface area contributed by atoms with Gasteiger partial charge in [0.1, 0.15) is 0 Å². The van der Waals surface area contributed by atoms with Crippen molar-refractivity contribution in [3.63, 3.8) is 0 Å². The van der Waals surface area contributed by atoms with E-state index in [2.05, 4.69) is 45.5 Å². The van der Waals surface area contributed by atoms with Crippen LogP contribution in [0.5, 0.6) is 0 Å². The summed E-state index contributed by atoms with van der Waals surface area (Å²) < 4.78 is 0. The lowest BCUT2D eigenvalue weighted by Gasteiger charge is -2.32. The van der Waals surface area contributed by atoms with Gasteiger partial charge in [0.05, 0.1) is 10.3 Å². The van der Waals surface area contributed by atoms with Gasteiger partial charge in [-0.1, -0.05) is 48.2 Å². The van der Waals surface area contributed by atoms with Crippen LogP contribution in [0, 0.1) is 0 Å². The minimum atomic E-state index is -0.128. The number of amides is 1. The number of nitrogens with one attached hydrogen (secondary N) is 1. The molecule has 0 saturated carbocycles. The third-order valence-electron chi connectivity index (χ3n) is 4.49. The Morgan fingerprint density at radius 2 is 1.92 bits per heavy atom. The molecule has 1 fully saturated rings. The van der Waals surface area contributed by atoms with Crippen molar-refractivity contribution in [2.45, 2.75) is 42.6 Å². The highest BCUT2D eigenvalue weighted by molar-refractivity contribution is 8.00. The van der Waals surface area contributed by atoms with Gasteiger partial charge in [-0.3, -0.25) is 9.69 Å². The van der Waals surface area contributed by atoms with E-state index < -0.39 is 0 Å². The van der Waals surface area contributed by atoms with Crippen LogP contribution in [0.4, 0.5) is 0 Å². The monoisotopic (exact) mass is 355 g/mol. The zero-order valence-electron chi connectivity index (χ0n) is 14.6. The Labute approximate surface area is 154 Å². The van der Waals surface area contributed by atoms with Crippen molar-refractivity contribution < 1.29 is 4.79 Å². The molecule has 1 atom stereocenters. The molecule has 0 aliphatic carbocycles. The zero-order valence-corrected chi connectivity index (χ0v) is 15.4. The second kappa shape index (κ2) is 9.02. The molecule has 1 saturated heterocycles. The molecule has 2 aromatic rings. The lowest BCUT2D eigenvalue weighted by molar-refractivity contribution is -0.121. The quantitative estimate of drug-likeness (QED) is 0.807. The van der Waals surface area contributed by atoms with Crippen LogP contribution in [0.3, 0.4) is 0 Å². The van der Waals surface area contributed by atoms with Gasteiger partial charge in [-0.15, -0.1) is 0 Å². The van der Waals surface area contributed by atoms with Crippen LogP contribution in [0.25, 0.3) is 0 Å². The highest BCUT2D eigenvalue weighted by Crippen LogP contribution is 2.21. The molecule has 5 heteroatoms. The van der Waals surface area contributed by atoms with Crippen LogP contribution >= 0.6 is 11.8 Å². The standard InChI is InChI=1S/C20H25N3OS/c1-16(25-19-9-5-6-12-21-19)20(24)22-18-10-13-23(14-11-18)15-17-7-3-2-4-8-17/h2-9,12,16,18H,10-11,13-15H2,1H3,(H,22,24). The number of likely N-dealkylation sites (tertiary alicyclic amines) is 1. The summed E-state index contributed by atoms with van der Waals surface area (Å²) in [6.45, 7) is 5.00. The largest absolute Gasteiger partial charge is 0.352 e. The van der Waals surface area contributed by atoms with E-state index in [1.165, 1.54) is 17.3 Å². The van der Waals surface area contributed by atoms with Crippen LogP contribution in [-0.4, -0.2) is 40.2 Å². The molecule has 2 heterocycles. The number of aromatic nitrogens is 1. The molecule has 1 unspecified atom stereocenters. The Morgan fingerprint density at radius 1 is 1.20 bits per heavy atom. The Balaban J connectivity index is 1.41. The van der Waals surface area contributed by atoms with Crippen molar-refractivity contribution in [1.82, 2.24) is 15.2 Å². The second-order valence-corrected chi connectivity index (χ2v) is 7.83. The van der Waals surface area contributed by atoms with Crippen molar-refractivity contribution in [3.8, 4) is 0 Å². The van der Waals surface area contributed by atoms with E-state index in [0.29, 0.717) is 0 Å². The molecule has 0 bridgehead atoms. The predicted octanol–water partition coefficient (Wildman–Crippen LogP) is 3.34. The van der Waals surface area contributed by atoms with E-state index in [-0.39, 0.29) is 17.2 Å². The SMILES string of the molecule is CC(Sc1ccccn1)C(=O)NC1CCN(Cc2ccccc2)CC1. The maximum atomic E-state index is 12.4. The summed E-state index contributed by atoms with van der Waals surface area (Å²) in [6, 6.07) is 16.6.